The molecule has 0 radical (unpaired) electrons. The third kappa shape index (κ3) is 2.13. The van der Waals surface area contributed by atoms with Gasteiger partial charge in [-0.3, -0.25) is 0 Å². The minimum absolute atomic E-state index is 0.225. The van der Waals surface area contributed by atoms with E-state index in [1.165, 1.54) is 17.8 Å². The molecule has 2 rings (SSSR count). The van der Waals surface area contributed by atoms with Crippen LogP contribution in [0.15, 0.2) is 23.1 Å². The molecule has 1 heterocycles. The van der Waals surface area contributed by atoms with Crippen molar-refractivity contribution in [1.82, 2.24) is 0 Å². The largest absolute Gasteiger partial charge is 0.416 e. The lowest BCUT2D eigenvalue weighted by atomic mass is 10.1. The summed E-state index contributed by atoms with van der Waals surface area (Å²) in [4.78, 5) is 0.722. The van der Waals surface area contributed by atoms with Crippen LogP contribution >= 0.6 is 11.8 Å². The van der Waals surface area contributed by atoms with Crippen molar-refractivity contribution < 1.29 is 13.2 Å². The molecule has 0 amide bonds. The van der Waals surface area contributed by atoms with Gasteiger partial charge in [0.1, 0.15) is 0 Å². The second-order valence-corrected chi connectivity index (χ2v) is 4.84. The van der Waals surface area contributed by atoms with E-state index in [1.807, 2.05) is 0 Å². The van der Waals surface area contributed by atoms with Gasteiger partial charge < -0.3 is 5.73 Å². The van der Waals surface area contributed by atoms with Crippen molar-refractivity contribution in [2.75, 3.05) is 6.54 Å². The van der Waals surface area contributed by atoms with Crippen LogP contribution in [0.2, 0.25) is 0 Å². The lowest BCUT2D eigenvalue weighted by Crippen LogP contribution is -2.15. The first-order valence-corrected chi connectivity index (χ1v) is 5.45. The fourth-order valence-corrected chi connectivity index (χ4v) is 2.82. The van der Waals surface area contributed by atoms with Crippen LogP contribution in [0.25, 0.3) is 0 Å². The van der Waals surface area contributed by atoms with Gasteiger partial charge in [0.25, 0.3) is 0 Å². The predicted octanol–water partition coefficient (Wildman–Crippen LogP) is 2.68. The highest BCUT2D eigenvalue weighted by molar-refractivity contribution is 8.00. The van der Waals surface area contributed by atoms with Crippen molar-refractivity contribution in [2.45, 2.75) is 22.7 Å². The summed E-state index contributed by atoms with van der Waals surface area (Å²) in [7, 11) is 0. The molecule has 0 aromatic heterocycles. The fraction of sp³-hybridized carbons (Fsp3) is 0.400. The minimum atomic E-state index is -4.25. The minimum Gasteiger partial charge on any atom is -0.329 e. The number of nitrogens with two attached hydrogens (primary N) is 1. The van der Waals surface area contributed by atoms with E-state index >= 15 is 0 Å². The zero-order chi connectivity index (χ0) is 11.1. The first kappa shape index (κ1) is 10.8. The van der Waals surface area contributed by atoms with Gasteiger partial charge in [0.15, 0.2) is 0 Å². The summed E-state index contributed by atoms with van der Waals surface area (Å²) >= 11 is 1.44. The number of benzene rings is 1. The van der Waals surface area contributed by atoms with E-state index in [0.717, 1.165) is 22.9 Å². The third-order valence-corrected chi connectivity index (χ3v) is 3.73. The molecule has 0 bridgehead atoms. The molecule has 2 N–H and O–H groups in total. The molecule has 1 aromatic rings. The van der Waals surface area contributed by atoms with Crippen LogP contribution in [0.4, 0.5) is 13.2 Å². The fourth-order valence-electron chi connectivity index (χ4n) is 1.61. The highest BCUT2D eigenvalue weighted by Crippen LogP contribution is 2.40. The summed E-state index contributed by atoms with van der Waals surface area (Å²) in [5.74, 6) is 0. The van der Waals surface area contributed by atoms with Crippen LogP contribution < -0.4 is 5.73 Å². The molecule has 1 aliphatic heterocycles. The van der Waals surface area contributed by atoms with Gasteiger partial charge in [-0.25, -0.2) is 0 Å². The van der Waals surface area contributed by atoms with E-state index in [0.29, 0.717) is 6.54 Å². The van der Waals surface area contributed by atoms with Crippen molar-refractivity contribution in [3.05, 3.63) is 29.3 Å². The summed E-state index contributed by atoms with van der Waals surface area (Å²) in [6, 6.07) is 3.91. The maximum Gasteiger partial charge on any atom is 0.416 e. The molecule has 0 aliphatic carbocycles. The first-order valence-electron chi connectivity index (χ1n) is 4.57. The molecule has 15 heavy (non-hydrogen) atoms. The van der Waals surface area contributed by atoms with Gasteiger partial charge in [0.2, 0.25) is 0 Å². The van der Waals surface area contributed by atoms with Crippen LogP contribution in [-0.2, 0) is 12.6 Å². The predicted molar refractivity (Wildman–Crippen MR) is 53.8 cm³/mol. The van der Waals surface area contributed by atoms with Crippen molar-refractivity contribution >= 4 is 11.8 Å². The van der Waals surface area contributed by atoms with Crippen LogP contribution in [-0.4, -0.2) is 11.8 Å². The molecule has 5 heteroatoms. The molecule has 1 nitrogen and oxygen atoms in total. The van der Waals surface area contributed by atoms with E-state index < -0.39 is 11.7 Å². The number of rotatable bonds is 1. The smallest absolute Gasteiger partial charge is 0.329 e. The van der Waals surface area contributed by atoms with Crippen LogP contribution in [0.1, 0.15) is 11.1 Å². The summed E-state index contributed by atoms with van der Waals surface area (Å²) in [5.41, 5.74) is 5.89. The standard InChI is InChI=1S/C10H10F3NS/c11-10(12,13)7-2-1-6-3-8(5-14)15-9(6)4-7/h1-2,4,8H,3,5,14H2. The Bertz CT molecular complexity index is 375. The maximum absolute atomic E-state index is 12.4. The molecule has 0 fully saturated rings. The van der Waals surface area contributed by atoms with Crippen LogP contribution in [0.5, 0.6) is 0 Å². The van der Waals surface area contributed by atoms with Crippen LogP contribution in [0, 0.1) is 0 Å². The molecule has 0 saturated carbocycles. The van der Waals surface area contributed by atoms with Gasteiger partial charge in [0.05, 0.1) is 5.56 Å². The molecule has 1 unspecified atom stereocenters. The second-order valence-electron chi connectivity index (χ2n) is 3.50. The highest BCUT2D eigenvalue weighted by atomic mass is 32.2. The Balaban J connectivity index is 2.30. The molecule has 1 atom stereocenters. The molecular weight excluding hydrogens is 223 g/mol. The maximum atomic E-state index is 12.4. The van der Waals surface area contributed by atoms with E-state index in [-0.39, 0.29) is 5.25 Å². The second kappa shape index (κ2) is 3.72. The number of thioether (sulfide) groups is 1. The SMILES string of the molecule is NCC1Cc2ccc(C(F)(F)F)cc2S1. The Hall–Kier alpha value is -0.680. The van der Waals surface area contributed by atoms with E-state index in [1.54, 1.807) is 6.07 Å². The summed E-state index contributed by atoms with van der Waals surface area (Å²) in [6.45, 7) is 0.501. The quantitative estimate of drug-likeness (QED) is 0.807. The summed E-state index contributed by atoms with van der Waals surface area (Å²) in [5, 5.41) is 0.225. The molecular formula is C10H10F3NS. The van der Waals surface area contributed by atoms with Gasteiger partial charge in [0, 0.05) is 16.7 Å². The third-order valence-electron chi connectivity index (χ3n) is 2.40. The summed E-state index contributed by atoms with van der Waals surface area (Å²) < 4.78 is 37.2. The highest BCUT2D eigenvalue weighted by Gasteiger charge is 2.32. The molecule has 0 saturated heterocycles. The van der Waals surface area contributed by atoms with Crippen molar-refractivity contribution in [3.8, 4) is 0 Å². The normalized spacial score (nSPS) is 20.4. The Morgan fingerprint density at radius 3 is 2.73 bits per heavy atom. The van der Waals surface area contributed by atoms with E-state index in [4.69, 9.17) is 5.73 Å². The number of hydrogen-bond acceptors (Lipinski definition) is 2. The van der Waals surface area contributed by atoms with Crippen molar-refractivity contribution in [1.29, 1.82) is 0 Å². The average Bonchev–Trinajstić information content (AvgIpc) is 2.57. The molecule has 1 aromatic carbocycles. The Labute approximate surface area is 89.8 Å². The van der Waals surface area contributed by atoms with Crippen LogP contribution in [0.3, 0.4) is 0 Å². The zero-order valence-corrected chi connectivity index (χ0v) is 8.66. The van der Waals surface area contributed by atoms with E-state index in [2.05, 4.69) is 0 Å². The molecule has 1 aliphatic rings. The Kier molecular flexibility index (Phi) is 2.68. The topological polar surface area (TPSA) is 26.0 Å². The zero-order valence-electron chi connectivity index (χ0n) is 7.84. The van der Waals surface area contributed by atoms with Gasteiger partial charge in [-0.2, -0.15) is 13.2 Å². The first-order chi connectivity index (χ1) is 7.00. The van der Waals surface area contributed by atoms with Gasteiger partial charge in [-0.1, -0.05) is 6.07 Å². The van der Waals surface area contributed by atoms with Gasteiger partial charge >= 0.3 is 6.18 Å². The number of hydrogen-bond donors (Lipinski definition) is 1. The average molecular weight is 233 g/mol. The lowest BCUT2D eigenvalue weighted by molar-refractivity contribution is -0.137. The number of alkyl halides is 3. The number of fused-ring (bicyclic) bond motifs is 1. The van der Waals surface area contributed by atoms with E-state index in [9.17, 15) is 13.2 Å². The lowest BCUT2D eigenvalue weighted by Gasteiger charge is -2.07. The summed E-state index contributed by atoms with van der Waals surface area (Å²) in [6.07, 6.45) is -3.48. The molecule has 82 valence electrons. The Morgan fingerprint density at radius 2 is 2.13 bits per heavy atom. The molecule has 0 spiro atoms. The monoisotopic (exact) mass is 233 g/mol. The Morgan fingerprint density at radius 1 is 1.40 bits per heavy atom. The van der Waals surface area contributed by atoms with Crippen molar-refractivity contribution in [2.24, 2.45) is 5.73 Å². The number of halogens is 3. The van der Waals surface area contributed by atoms with Gasteiger partial charge in [-0.05, 0) is 24.1 Å². The van der Waals surface area contributed by atoms with Gasteiger partial charge in [-0.15, -0.1) is 11.8 Å². The van der Waals surface area contributed by atoms with Crippen molar-refractivity contribution in [3.63, 3.8) is 0 Å².